The molecule has 16 nitrogen and oxygen atoms in total. The predicted molar refractivity (Wildman–Crippen MR) is 163 cm³/mol. The van der Waals surface area contributed by atoms with Gasteiger partial charge in [-0.2, -0.15) is 0 Å². The molecule has 3 aliphatic rings. The van der Waals surface area contributed by atoms with Crippen molar-refractivity contribution in [3.05, 3.63) is 35.9 Å². The average molecular weight is 705 g/mol. The molecule has 0 aromatic heterocycles. The highest BCUT2D eigenvalue weighted by molar-refractivity contribution is 5.93. The molecule has 4 rings (SSSR count). The molecule has 272 valence electrons. The number of fused-ring (bicyclic) bond motifs is 1. The molecule has 0 amide bonds. The van der Waals surface area contributed by atoms with E-state index in [0.29, 0.717) is 0 Å². The Morgan fingerprint density at radius 2 is 1.18 bits per heavy atom. The molecule has 2 saturated carbocycles. The van der Waals surface area contributed by atoms with Crippen LogP contribution in [0.25, 0.3) is 0 Å². The summed E-state index contributed by atoms with van der Waals surface area (Å²) in [5.41, 5.74) is -6.30. The minimum Gasteiger partial charge on any atom is -0.465 e. The molecule has 16 heteroatoms. The smallest absolute Gasteiger partial charge is 0.338 e. The summed E-state index contributed by atoms with van der Waals surface area (Å²) in [5, 5.41) is 0. The zero-order valence-electron chi connectivity index (χ0n) is 28.9. The Hall–Kier alpha value is -4.86. The van der Waals surface area contributed by atoms with Gasteiger partial charge in [0, 0.05) is 47.5 Å². The highest BCUT2D eigenvalue weighted by Crippen LogP contribution is 2.67. The number of benzene rings is 1. The van der Waals surface area contributed by atoms with Crippen LogP contribution in [0.3, 0.4) is 0 Å². The molecule has 1 aromatic carbocycles. The number of Topliss-reactive ketones (excluding diaryl/α,β-unsaturated/α-hetero) is 1. The van der Waals surface area contributed by atoms with Crippen LogP contribution in [0.1, 0.15) is 65.7 Å². The molecule has 2 aliphatic carbocycles. The van der Waals surface area contributed by atoms with E-state index in [1.165, 1.54) is 26.0 Å². The van der Waals surface area contributed by atoms with Crippen molar-refractivity contribution in [3.8, 4) is 0 Å². The maximum atomic E-state index is 14.9. The Labute approximate surface area is 287 Å². The Balaban J connectivity index is 2.10. The maximum Gasteiger partial charge on any atom is 0.338 e. The molecule has 1 aromatic rings. The van der Waals surface area contributed by atoms with Crippen molar-refractivity contribution in [1.82, 2.24) is 0 Å². The summed E-state index contributed by atoms with van der Waals surface area (Å²) in [6.45, 7) is 7.52. The van der Waals surface area contributed by atoms with Crippen LogP contribution in [0.2, 0.25) is 0 Å². The van der Waals surface area contributed by atoms with Gasteiger partial charge in [0.05, 0.1) is 11.5 Å². The van der Waals surface area contributed by atoms with Crippen LogP contribution in [0, 0.1) is 17.3 Å². The second kappa shape index (κ2) is 14.2. The van der Waals surface area contributed by atoms with Gasteiger partial charge in [-0.25, -0.2) is 4.79 Å². The number of hydrogen-bond acceptors (Lipinski definition) is 16. The number of ketones is 1. The third-order valence-electron chi connectivity index (χ3n) is 9.33. The van der Waals surface area contributed by atoms with Crippen molar-refractivity contribution in [2.75, 3.05) is 13.2 Å². The average Bonchev–Trinajstić information content (AvgIpc) is 3.23. The van der Waals surface area contributed by atoms with Gasteiger partial charge in [0.2, 0.25) is 0 Å². The monoisotopic (exact) mass is 704 g/mol. The number of ether oxygens (including phenoxy) is 8. The first-order valence-electron chi connectivity index (χ1n) is 15.8. The third kappa shape index (κ3) is 6.55. The summed E-state index contributed by atoms with van der Waals surface area (Å²) in [5.74, 6) is -10.2. The summed E-state index contributed by atoms with van der Waals surface area (Å²) in [4.78, 5) is 104. The lowest BCUT2D eigenvalue weighted by Crippen LogP contribution is -2.83. The number of esters is 7. The van der Waals surface area contributed by atoms with Gasteiger partial charge in [0.15, 0.2) is 24.1 Å². The summed E-state index contributed by atoms with van der Waals surface area (Å²) in [6.07, 6.45) is -8.84. The van der Waals surface area contributed by atoms with Crippen molar-refractivity contribution in [2.45, 2.75) is 97.1 Å². The standard InChI is InChI=1S/C34H40O16/c1-16-26(45-18(3)36)27(46-19(4)37)30(49-22(7)40)33(15-43-17(2)35)29(48-21(6)39)25(41)24-28(47-20(5)38)34(16,33)50-32(24,8)14-44-31(42)23-12-10-9-11-13-23/h9-13,16,24,26-30H,14-15H2,1-8H3. The molecule has 1 spiro atoms. The number of carbonyl (C=O) groups excluding carboxylic acids is 8. The number of carbonyl (C=O) groups is 8. The zero-order valence-corrected chi connectivity index (χ0v) is 28.9. The topological polar surface area (TPSA) is 210 Å². The highest BCUT2D eigenvalue weighted by atomic mass is 16.7. The van der Waals surface area contributed by atoms with E-state index in [4.69, 9.17) is 37.9 Å². The van der Waals surface area contributed by atoms with Crippen LogP contribution in [0.15, 0.2) is 30.3 Å². The van der Waals surface area contributed by atoms with Crippen molar-refractivity contribution in [3.63, 3.8) is 0 Å². The second-order valence-electron chi connectivity index (χ2n) is 12.8. The Morgan fingerprint density at radius 1 is 0.660 bits per heavy atom. The normalized spacial score (nSPS) is 33.9. The van der Waals surface area contributed by atoms with Gasteiger partial charge < -0.3 is 37.9 Å². The first-order valence-corrected chi connectivity index (χ1v) is 15.8. The summed E-state index contributed by atoms with van der Waals surface area (Å²) < 4.78 is 46.8. The van der Waals surface area contributed by atoms with E-state index in [1.54, 1.807) is 18.2 Å². The Kier molecular flexibility index (Phi) is 10.8. The lowest BCUT2D eigenvalue weighted by Gasteiger charge is -2.63. The summed E-state index contributed by atoms with van der Waals surface area (Å²) >= 11 is 0. The molecule has 2 bridgehead atoms. The molecule has 1 heterocycles. The molecule has 1 saturated heterocycles. The van der Waals surface area contributed by atoms with Gasteiger partial charge in [-0.3, -0.25) is 33.6 Å². The van der Waals surface area contributed by atoms with E-state index in [1.807, 2.05) is 0 Å². The molecule has 10 atom stereocenters. The molecule has 10 unspecified atom stereocenters. The fraction of sp³-hybridized carbons (Fsp3) is 0.588. The quantitative estimate of drug-likeness (QED) is 0.249. The van der Waals surface area contributed by atoms with Crippen molar-refractivity contribution < 1.29 is 76.3 Å². The van der Waals surface area contributed by atoms with Gasteiger partial charge in [-0.1, -0.05) is 25.1 Å². The highest BCUT2D eigenvalue weighted by Gasteiger charge is 2.87. The Morgan fingerprint density at radius 3 is 1.70 bits per heavy atom. The molecule has 3 fully saturated rings. The third-order valence-corrected chi connectivity index (χ3v) is 9.33. The van der Waals surface area contributed by atoms with Gasteiger partial charge in [-0.15, -0.1) is 0 Å². The molecule has 0 N–H and O–H groups in total. The SMILES string of the molecule is CC(=O)OCC12C(OC(C)=O)C(=O)C3C(OC(C)=O)C1(OC3(C)COC(=O)c1ccccc1)C(C)C(OC(C)=O)C(OC(C)=O)C2OC(C)=O. The van der Waals surface area contributed by atoms with Gasteiger partial charge in [-0.05, 0) is 19.1 Å². The molecular formula is C34H40O16. The van der Waals surface area contributed by atoms with Crippen LogP contribution in [0.5, 0.6) is 0 Å². The van der Waals surface area contributed by atoms with E-state index in [0.717, 1.165) is 41.5 Å². The molecule has 1 aliphatic heterocycles. The van der Waals surface area contributed by atoms with Gasteiger partial charge in [0.25, 0.3) is 0 Å². The first-order chi connectivity index (χ1) is 23.3. The van der Waals surface area contributed by atoms with Gasteiger partial charge in [0.1, 0.15) is 42.0 Å². The minimum absolute atomic E-state index is 0.167. The molecule has 0 radical (unpaired) electrons. The maximum absolute atomic E-state index is 14.9. The van der Waals surface area contributed by atoms with Crippen molar-refractivity contribution in [1.29, 1.82) is 0 Å². The first kappa shape index (κ1) is 38.0. The van der Waals surface area contributed by atoms with E-state index in [9.17, 15) is 38.4 Å². The lowest BCUT2D eigenvalue weighted by molar-refractivity contribution is -0.336. The molecular weight excluding hydrogens is 664 g/mol. The number of rotatable bonds is 10. The fourth-order valence-corrected chi connectivity index (χ4v) is 7.82. The van der Waals surface area contributed by atoms with Crippen LogP contribution < -0.4 is 0 Å². The van der Waals surface area contributed by atoms with Crippen LogP contribution >= 0.6 is 0 Å². The van der Waals surface area contributed by atoms with Crippen molar-refractivity contribution >= 4 is 47.6 Å². The van der Waals surface area contributed by atoms with Crippen LogP contribution in [-0.4, -0.2) is 103 Å². The summed E-state index contributed by atoms with van der Waals surface area (Å²) in [7, 11) is 0. The van der Waals surface area contributed by atoms with E-state index in [2.05, 4.69) is 0 Å². The van der Waals surface area contributed by atoms with Crippen molar-refractivity contribution in [2.24, 2.45) is 17.3 Å². The zero-order chi connectivity index (χ0) is 37.3. The van der Waals surface area contributed by atoms with E-state index in [-0.39, 0.29) is 5.56 Å². The Bertz CT molecular complexity index is 1570. The lowest BCUT2D eigenvalue weighted by atomic mass is 9.46. The summed E-state index contributed by atoms with van der Waals surface area (Å²) in [6, 6.07) is 7.90. The van der Waals surface area contributed by atoms with Crippen LogP contribution in [0.4, 0.5) is 0 Å². The molecule has 50 heavy (non-hydrogen) atoms. The largest absolute Gasteiger partial charge is 0.465 e. The van der Waals surface area contributed by atoms with Crippen LogP contribution in [-0.2, 0) is 71.5 Å². The van der Waals surface area contributed by atoms with Gasteiger partial charge >= 0.3 is 41.8 Å². The van der Waals surface area contributed by atoms with E-state index >= 15 is 0 Å². The second-order valence-corrected chi connectivity index (χ2v) is 12.8. The predicted octanol–water partition coefficient (Wildman–Crippen LogP) is 1.43. The minimum atomic E-state index is -2.36. The fourth-order valence-electron chi connectivity index (χ4n) is 7.82. The van der Waals surface area contributed by atoms with E-state index < -0.39 is 120 Å². The number of hydrogen-bond donors (Lipinski definition) is 0.